The highest BCUT2D eigenvalue weighted by Gasteiger charge is 2.30. The normalized spacial score (nSPS) is 24.1. The fourth-order valence-electron chi connectivity index (χ4n) is 3.25. The number of nitrogens with two attached hydrogens (primary N) is 1. The number of hydrogen-bond donors (Lipinski definition) is 2. The van der Waals surface area contributed by atoms with E-state index in [0.29, 0.717) is 0 Å². The molecule has 3 atom stereocenters. The van der Waals surface area contributed by atoms with Crippen LogP contribution < -0.4 is 5.73 Å². The van der Waals surface area contributed by atoms with E-state index >= 15 is 0 Å². The Kier molecular flexibility index (Phi) is 5.52. The summed E-state index contributed by atoms with van der Waals surface area (Å²) in [4.78, 5) is 2.27. The second-order valence-corrected chi connectivity index (χ2v) is 5.78. The molecule has 1 fully saturated rings. The SMILES string of the molecule is CC(N)C(c1cccc(F)c1)N1CCCCCC1CO. The van der Waals surface area contributed by atoms with Crippen molar-refractivity contribution in [1.82, 2.24) is 4.90 Å². The van der Waals surface area contributed by atoms with Crippen LogP contribution in [0.4, 0.5) is 4.39 Å². The van der Waals surface area contributed by atoms with Crippen LogP contribution in [0.25, 0.3) is 0 Å². The zero-order valence-corrected chi connectivity index (χ0v) is 12.1. The molecule has 1 aliphatic heterocycles. The fourth-order valence-corrected chi connectivity index (χ4v) is 3.25. The van der Waals surface area contributed by atoms with E-state index < -0.39 is 0 Å². The Morgan fingerprint density at radius 2 is 2.20 bits per heavy atom. The number of rotatable bonds is 4. The third-order valence-corrected chi connectivity index (χ3v) is 4.18. The van der Waals surface area contributed by atoms with Gasteiger partial charge in [0, 0.05) is 12.1 Å². The van der Waals surface area contributed by atoms with Gasteiger partial charge in [-0.1, -0.05) is 25.0 Å². The standard InChI is InChI=1S/C16H25FN2O/c1-12(18)16(13-6-5-7-14(17)10-13)19-9-4-2-3-8-15(19)11-20/h5-7,10,12,15-16,20H,2-4,8-9,11,18H2,1H3. The molecule has 1 aliphatic rings. The maximum Gasteiger partial charge on any atom is 0.123 e. The molecule has 4 heteroatoms. The van der Waals surface area contributed by atoms with Crippen LogP contribution in [-0.2, 0) is 0 Å². The van der Waals surface area contributed by atoms with Crippen molar-refractivity contribution in [1.29, 1.82) is 0 Å². The lowest BCUT2D eigenvalue weighted by molar-refractivity contribution is 0.0746. The Morgan fingerprint density at radius 1 is 1.40 bits per heavy atom. The predicted molar refractivity (Wildman–Crippen MR) is 78.8 cm³/mol. The van der Waals surface area contributed by atoms with Gasteiger partial charge in [0.25, 0.3) is 0 Å². The lowest BCUT2D eigenvalue weighted by atomic mass is 9.96. The Balaban J connectivity index is 2.30. The second kappa shape index (κ2) is 7.16. The fraction of sp³-hybridized carbons (Fsp3) is 0.625. The van der Waals surface area contributed by atoms with Crippen LogP contribution in [0.3, 0.4) is 0 Å². The minimum absolute atomic E-state index is 0.0408. The van der Waals surface area contributed by atoms with Gasteiger partial charge in [0.1, 0.15) is 5.82 Å². The minimum Gasteiger partial charge on any atom is -0.395 e. The molecule has 1 aromatic rings. The molecule has 0 bridgehead atoms. The van der Waals surface area contributed by atoms with E-state index in [1.165, 1.54) is 12.5 Å². The van der Waals surface area contributed by atoms with Crippen molar-refractivity contribution in [2.75, 3.05) is 13.2 Å². The number of aliphatic hydroxyl groups is 1. The molecule has 112 valence electrons. The molecule has 3 N–H and O–H groups in total. The molecule has 0 saturated carbocycles. The molecule has 0 aliphatic carbocycles. The number of nitrogens with zero attached hydrogens (tertiary/aromatic N) is 1. The molecule has 1 heterocycles. The van der Waals surface area contributed by atoms with Crippen molar-refractivity contribution in [3.8, 4) is 0 Å². The number of likely N-dealkylation sites (tertiary alicyclic amines) is 1. The van der Waals surface area contributed by atoms with E-state index in [1.54, 1.807) is 12.1 Å². The van der Waals surface area contributed by atoms with Crippen LogP contribution in [-0.4, -0.2) is 35.2 Å². The highest BCUT2D eigenvalue weighted by atomic mass is 19.1. The van der Waals surface area contributed by atoms with Gasteiger partial charge in [-0.05, 0) is 44.0 Å². The topological polar surface area (TPSA) is 49.5 Å². The Labute approximate surface area is 120 Å². The maximum atomic E-state index is 13.5. The molecular formula is C16H25FN2O. The Bertz CT molecular complexity index is 425. The zero-order chi connectivity index (χ0) is 14.5. The monoisotopic (exact) mass is 280 g/mol. The maximum absolute atomic E-state index is 13.5. The zero-order valence-electron chi connectivity index (χ0n) is 12.1. The highest BCUT2D eigenvalue weighted by Crippen LogP contribution is 2.30. The average molecular weight is 280 g/mol. The van der Waals surface area contributed by atoms with Crippen molar-refractivity contribution < 1.29 is 9.50 Å². The van der Waals surface area contributed by atoms with E-state index in [-0.39, 0.29) is 30.5 Å². The van der Waals surface area contributed by atoms with Crippen molar-refractivity contribution in [3.63, 3.8) is 0 Å². The molecule has 0 radical (unpaired) electrons. The number of benzene rings is 1. The summed E-state index contributed by atoms with van der Waals surface area (Å²) < 4.78 is 13.5. The van der Waals surface area contributed by atoms with Crippen LogP contribution in [0.15, 0.2) is 24.3 Å². The molecule has 3 unspecified atom stereocenters. The van der Waals surface area contributed by atoms with Crippen molar-refractivity contribution >= 4 is 0 Å². The summed E-state index contributed by atoms with van der Waals surface area (Å²) in [6.45, 7) is 3.00. The quantitative estimate of drug-likeness (QED) is 0.890. The average Bonchev–Trinajstić information content (AvgIpc) is 2.64. The molecule has 0 aromatic heterocycles. The van der Waals surface area contributed by atoms with Gasteiger partial charge in [-0.3, -0.25) is 4.90 Å². The highest BCUT2D eigenvalue weighted by molar-refractivity contribution is 5.22. The van der Waals surface area contributed by atoms with Gasteiger partial charge in [-0.25, -0.2) is 4.39 Å². The molecule has 1 saturated heterocycles. The summed E-state index contributed by atoms with van der Waals surface area (Å²) in [6, 6.07) is 6.64. The van der Waals surface area contributed by atoms with Gasteiger partial charge in [-0.2, -0.15) is 0 Å². The summed E-state index contributed by atoms with van der Waals surface area (Å²) in [6.07, 6.45) is 4.41. The summed E-state index contributed by atoms with van der Waals surface area (Å²) in [5.74, 6) is -0.233. The Hall–Kier alpha value is -0.970. The molecular weight excluding hydrogens is 255 g/mol. The van der Waals surface area contributed by atoms with E-state index in [0.717, 1.165) is 31.4 Å². The summed E-state index contributed by atoms with van der Waals surface area (Å²) in [7, 11) is 0. The molecule has 2 rings (SSSR count). The van der Waals surface area contributed by atoms with Crippen molar-refractivity contribution in [2.24, 2.45) is 5.73 Å². The van der Waals surface area contributed by atoms with Crippen LogP contribution in [0.2, 0.25) is 0 Å². The first-order valence-corrected chi connectivity index (χ1v) is 7.51. The summed E-state index contributed by atoms with van der Waals surface area (Å²) >= 11 is 0. The molecule has 20 heavy (non-hydrogen) atoms. The van der Waals surface area contributed by atoms with E-state index in [9.17, 15) is 9.50 Å². The Morgan fingerprint density at radius 3 is 2.85 bits per heavy atom. The van der Waals surface area contributed by atoms with Gasteiger partial charge in [0.05, 0.1) is 12.6 Å². The molecule has 3 nitrogen and oxygen atoms in total. The van der Waals surface area contributed by atoms with Crippen LogP contribution in [0.1, 0.15) is 44.2 Å². The minimum atomic E-state index is -0.233. The number of hydrogen-bond acceptors (Lipinski definition) is 3. The lowest BCUT2D eigenvalue weighted by Crippen LogP contribution is -2.46. The molecule has 0 amide bonds. The summed E-state index contributed by atoms with van der Waals surface area (Å²) in [5.41, 5.74) is 7.07. The first-order valence-electron chi connectivity index (χ1n) is 7.51. The van der Waals surface area contributed by atoms with Crippen LogP contribution in [0.5, 0.6) is 0 Å². The lowest BCUT2D eigenvalue weighted by Gasteiger charge is -2.38. The summed E-state index contributed by atoms with van der Waals surface area (Å²) in [5, 5.41) is 9.66. The third kappa shape index (κ3) is 3.57. The molecule has 1 aromatic carbocycles. The van der Waals surface area contributed by atoms with Crippen molar-refractivity contribution in [2.45, 2.75) is 50.7 Å². The van der Waals surface area contributed by atoms with Gasteiger partial charge in [0.2, 0.25) is 0 Å². The first kappa shape index (κ1) is 15.4. The smallest absolute Gasteiger partial charge is 0.123 e. The van der Waals surface area contributed by atoms with Gasteiger partial charge in [-0.15, -0.1) is 0 Å². The first-order chi connectivity index (χ1) is 9.63. The van der Waals surface area contributed by atoms with Gasteiger partial charge >= 0.3 is 0 Å². The second-order valence-electron chi connectivity index (χ2n) is 5.78. The van der Waals surface area contributed by atoms with E-state index in [4.69, 9.17) is 5.73 Å². The van der Waals surface area contributed by atoms with Gasteiger partial charge < -0.3 is 10.8 Å². The van der Waals surface area contributed by atoms with Crippen molar-refractivity contribution in [3.05, 3.63) is 35.6 Å². The van der Waals surface area contributed by atoms with E-state index in [1.807, 2.05) is 13.0 Å². The third-order valence-electron chi connectivity index (χ3n) is 4.18. The number of aliphatic hydroxyl groups excluding tert-OH is 1. The predicted octanol–water partition coefficient (Wildman–Crippen LogP) is 2.45. The van der Waals surface area contributed by atoms with E-state index in [2.05, 4.69) is 4.90 Å². The van der Waals surface area contributed by atoms with Crippen LogP contribution in [0, 0.1) is 5.82 Å². The number of halogens is 1. The molecule has 0 spiro atoms. The van der Waals surface area contributed by atoms with Gasteiger partial charge in [0.15, 0.2) is 0 Å². The largest absolute Gasteiger partial charge is 0.395 e. The van der Waals surface area contributed by atoms with Crippen LogP contribution >= 0.6 is 0 Å².